The molecule has 0 aliphatic carbocycles. The zero-order valence-electron chi connectivity index (χ0n) is 12.4. The van der Waals surface area contributed by atoms with Gasteiger partial charge in [0, 0.05) is 5.56 Å². The van der Waals surface area contributed by atoms with Crippen molar-refractivity contribution in [1.82, 2.24) is 4.98 Å². The zero-order chi connectivity index (χ0) is 16.3. The van der Waals surface area contributed by atoms with Gasteiger partial charge >= 0.3 is 5.97 Å². The Bertz CT molecular complexity index is 739. The first-order chi connectivity index (χ1) is 10.4. The highest BCUT2D eigenvalue weighted by Crippen LogP contribution is 2.25. The number of allylic oxidation sites excluding steroid dienone is 1. The van der Waals surface area contributed by atoms with Crippen LogP contribution in [0, 0.1) is 11.7 Å². The van der Waals surface area contributed by atoms with Gasteiger partial charge in [0.25, 0.3) is 0 Å². The van der Waals surface area contributed by atoms with Crippen molar-refractivity contribution >= 4 is 17.7 Å². The molecular weight excluding hydrogens is 283 g/mol. The first kappa shape index (κ1) is 15.7. The number of nitrogens with zero attached hydrogens (tertiary/aromatic N) is 1. The molecule has 22 heavy (non-hydrogen) atoms. The summed E-state index contributed by atoms with van der Waals surface area (Å²) in [5.41, 5.74) is 6.64. The highest BCUT2D eigenvalue weighted by Gasteiger charge is 2.14. The predicted molar refractivity (Wildman–Crippen MR) is 84.9 cm³/mol. The molecule has 1 aromatic carbocycles. The third-order valence-corrected chi connectivity index (χ3v) is 3.07. The fraction of sp³-hybridized carbons (Fsp3) is 0.176. The monoisotopic (exact) mass is 300 g/mol. The maximum Gasteiger partial charge on any atom is 0.356 e. The molecule has 5 heteroatoms. The Labute approximate surface area is 128 Å². The SMILES string of the molecule is CC(C)/C=C/c1ccc(F)c(-c2ccc(N)c(C(=O)O)n2)c1. The molecule has 0 aliphatic rings. The standard InChI is InChI=1S/C17H17FN2O2/c1-10(2)3-4-11-5-6-13(18)12(9-11)15-8-7-14(19)16(20-15)17(21)22/h3-10H,19H2,1-2H3,(H,21,22)/b4-3+. The van der Waals surface area contributed by atoms with E-state index in [0.717, 1.165) is 5.56 Å². The van der Waals surface area contributed by atoms with Crippen LogP contribution >= 0.6 is 0 Å². The van der Waals surface area contributed by atoms with Crippen molar-refractivity contribution < 1.29 is 14.3 Å². The fourth-order valence-electron chi connectivity index (χ4n) is 1.94. The number of anilines is 1. The molecule has 0 aliphatic heterocycles. The lowest BCUT2D eigenvalue weighted by atomic mass is 10.0. The summed E-state index contributed by atoms with van der Waals surface area (Å²) < 4.78 is 14.0. The molecule has 0 unspecified atom stereocenters. The minimum Gasteiger partial charge on any atom is -0.476 e. The van der Waals surface area contributed by atoms with Gasteiger partial charge in [-0.3, -0.25) is 0 Å². The predicted octanol–water partition coefficient (Wildman–Crippen LogP) is 3.84. The Balaban J connectivity index is 2.50. The van der Waals surface area contributed by atoms with E-state index in [1.54, 1.807) is 12.1 Å². The van der Waals surface area contributed by atoms with E-state index >= 15 is 0 Å². The number of rotatable bonds is 4. The van der Waals surface area contributed by atoms with Crippen LogP contribution in [0.5, 0.6) is 0 Å². The number of nitrogens with two attached hydrogens (primary N) is 1. The summed E-state index contributed by atoms with van der Waals surface area (Å²) in [6.07, 6.45) is 3.89. The molecule has 1 aromatic heterocycles. The number of hydrogen-bond acceptors (Lipinski definition) is 3. The van der Waals surface area contributed by atoms with Crippen molar-refractivity contribution in [3.63, 3.8) is 0 Å². The summed E-state index contributed by atoms with van der Waals surface area (Å²) in [7, 11) is 0. The second-order valence-corrected chi connectivity index (χ2v) is 5.28. The number of pyridine rings is 1. The van der Waals surface area contributed by atoms with Crippen LogP contribution in [0.25, 0.3) is 17.3 Å². The van der Waals surface area contributed by atoms with Gasteiger partial charge in [-0.1, -0.05) is 32.1 Å². The van der Waals surface area contributed by atoms with Gasteiger partial charge in [0.2, 0.25) is 0 Å². The Hall–Kier alpha value is -2.69. The third kappa shape index (κ3) is 3.49. The van der Waals surface area contributed by atoms with Crippen LogP contribution in [0.2, 0.25) is 0 Å². The molecule has 0 bridgehead atoms. The number of halogens is 1. The van der Waals surface area contributed by atoms with Gasteiger partial charge in [-0.15, -0.1) is 0 Å². The summed E-state index contributed by atoms with van der Waals surface area (Å²) in [6.45, 7) is 4.09. The smallest absolute Gasteiger partial charge is 0.356 e. The Morgan fingerprint density at radius 2 is 2.05 bits per heavy atom. The van der Waals surface area contributed by atoms with Gasteiger partial charge in [0.15, 0.2) is 5.69 Å². The van der Waals surface area contributed by atoms with Crippen molar-refractivity contribution in [3.8, 4) is 11.3 Å². The van der Waals surface area contributed by atoms with Crippen LogP contribution in [0.3, 0.4) is 0 Å². The van der Waals surface area contributed by atoms with Gasteiger partial charge < -0.3 is 10.8 Å². The van der Waals surface area contributed by atoms with E-state index < -0.39 is 11.8 Å². The number of carbonyl (C=O) groups is 1. The van der Waals surface area contributed by atoms with Crippen LogP contribution in [0.4, 0.5) is 10.1 Å². The molecular formula is C17H17FN2O2. The average Bonchev–Trinajstić information content (AvgIpc) is 2.46. The van der Waals surface area contributed by atoms with E-state index in [0.29, 0.717) is 5.92 Å². The zero-order valence-corrected chi connectivity index (χ0v) is 12.4. The van der Waals surface area contributed by atoms with Gasteiger partial charge in [-0.2, -0.15) is 0 Å². The van der Waals surface area contributed by atoms with Crippen LogP contribution < -0.4 is 5.73 Å². The van der Waals surface area contributed by atoms with E-state index in [1.807, 2.05) is 26.0 Å². The van der Waals surface area contributed by atoms with Gasteiger partial charge in [0.1, 0.15) is 5.82 Å². The summed E-state index contributed by atoms with van der Waals surface area (Å²) >= 11 is 0. The quantitative estimate of drug-likeness (QED) is 0.899. The van der Waals surface area contributed by atoms with Crippen molar-refractivity contribution in [2.45, 2.75) is 13.8 Å². The third-order valence-electron chi connectivity index (χ3n) is 3.07. The molecule has 0 saturated carbocycles. The van der Waals surface area contributed by atoms with E-state index in [2.05, 4.69) is 4.98 Å². The second-order valence-electron chi connectivity index (χ2n) is 5.28. The van der Waals surface area contributed by atoms with Crippen LogP contribution in [-0.2, 0) is 0 Å². The summed E-state index contributed by atoms with van der Waals surface area (Å²) in [6, 6.07) is 7.57. The summed E-state index contributed by atoms with van der Waals surface area (Å²) in [4.78, 5) is 15.0. The number of carboxylic acids is 1. The van der Waals surface area contributed by atoms with Crippen LogP contribution in [0.15, 0.2) is 36.4 Å². The number of benzene rings is 1. The Kier molecular flexibility index (Phi) is 4.56. The molecule has 0 spiro atoms. The number of hydrogen-bond donors (Lipinski definition) is 2. The lowest BCUT2D eigenvalue weighted by molar-refractivity contribution is 0.0692. The number of aromatic nitrogens is 1. The number of aromatic carboxylic acids is 1. The average molecular weight is 300 g/mol. The van der Waals surface area contributed by atoms with E-state index in [-0.39, 0.29) is 22.6 Å². The van der Waals surface area contributed by atoms with E-state index in [4.69, 9.17) is 10.8 Å². The maximum atomic E-state index is 14.0. The summed E-state index contributed by atoms with van der Waals surface area (Å²) in [5.74, 6) is -1.33. The molecule has 2 aromatic rings. The van der Waals surface area contributed by atoms with Gasteiger partial charge in [-0.25, -0.2) is 14.2 Å². The normalized spacial score (nSPS) is 11.3. The maximum absolute atomic E-state index is 14.0. The molecule has 0 amide bonds. The molecule has 1 heterocycles. The van der Waals surface area contributed by atoms with Crippen molar-refractivity contribution in [2.75, 3.05) is 5.73 Å². The van der Waals surface area contributed by atoms with Crippen molar-refractivity contribution in [3.05, 3.63) is 53.5 Å². The fourth-order valence-corrected chi connectivity index (χ4v) is 1.94. The Morgan fingerprint density at radius 3 is 2.68 bits per heavy atom. The molecule has 2 rings (SSSR count). The Morgan fingerprint density at radius 1 is 1.32 bits per heavy atom. The number of nitrogen functional groups attached to an aromatic ring is 1. The number of carboxylic acid groups (broad SMARTS) is 1. The van der Waals surface area contributed by atoms with Gasteiger partial charge in [-0.05, 0) is 35.7 Å². The highest BCUT2D eigenvalue weighted by molar-refractivity contribution is 5.92. The van der Waals surface area contributed by atoms with Crippen molar-refractivity contribution in [2.24, 2.45) is 5.92 Å². The van der Waals surface area contributed by atoms with E-state index in [1.165, 1.54) is 18.2 Å². The molecule has 114 valence electrons. The minimum absolute atomic E-state index is 0.0486. The van der Waals surface area contributed by atoms with Crippen molar-refractivity contribution in [1.29, 1.82) is 0 Å². The minimum atomic E-state index is -1.24. The molecule has 0 radical (unpaired) electrons. The van der Waals surface area contributed by atoms with Crippen LogP contribution in [-0.4, -0.2) is 16.1 Å². The topological polar surface area (TPSA) is 76.2 Å². The molecule has 3 N–H and O–H groups in total. The van der Waals surface area contributed by atoms with E-state index in [9.17, 15) is 9.18 Å². The molecule has 4 nitrogen and oxygen atoms in total. The first-order valence-electron chi connectivity index (χ1n) is 6.86. The molecule has 0 saturated heterocycles. The highest BCUT2D eigenvalue weighted by atomic mass is 19.1. The first-order valence-corrected chi connectivity index (χ1v) is 6.86. The lowest BCUT2D eigenvalue weighted by Gasteiger charge is -2.07. The summed E-state index contributed by atoms with van der Waals surface area (Å²) in [5, 5.41) is 9.06. The van der Waals surface area contributed by atoms with Gasteiger partial charge in [0.05, 0.1) is 11.4 Å². The van der Waals surface area contributed by atoms with Crippen LogP contribution in [0.1, 0.15) is 29.9 Å². The molecule has 0 fully saturated rings. The second kappa shape index (κ2) is 6.39. The largest absolute Gasteiger partial charge is 0.476 e. The lowest BCUT2D eigenvalue weighted by Crippen LogP contribution is -2.06. The molecule has 0 atom stereocenters.